The molecule has 0 spiro atoms. The predicted molar refractivity (Wildman–Crippen MR) is 127 cm³/mol. The van der Waals surface area contributed by atoms with Crippen molar-refractivity contribution in [2.75, 3.05) is 25.5 Å². The van der Waals surface area contributed by atoms with Gasteiger partial charge in [0, 0.05) is 29.3 Å². The summed E-state index contributed by atoms with van der Waals surface area (Å²) in [6, 6.07) is 7.09. The number of anilines is 1. The van der Waals surface area contributed by atoms with Crippen LogP contribution in [-0.2, 0) is 14.3 Å². The molecule has 6 heteroatoms. The lowest BCUT2D eigenvalue weighted by Gasteiger charge is -2.33. The van der Waals surface area contributed by atoms with E-state index < -0.39 is 0 Å². The minimum atomic E-state index is -0.217. The quantitative estimate of drug-likeness (QED) is 0.442. The number of amides is 1. The molecule has 31 heavy (non-hydrogen) atoms. The van der Waals surface area contributed by atoms with Crippen LogP contribution in [-0.4, -0.2) is 43.0 Å². The Hall–Kier alpha value is -1.92. The number of rotatable bonds is 7. The first-order valence-corrected chi connectivity index (χ1v) is 12.6. The summed E-state index contributed by atoms with van der Waals surface area (Å²) in [5.74, 6) is 0.404. The molecule has 168 valence electrons. The van der Waals surface area contributed by atoms with E-state index in [0.29, 0.717) is 31.6 Å². The fourth-order valence-electron chi connectivity index (χ4n) is 5.17. The molecule has 2 aliphatic rings. The monoisotopic (exact) mass is 442 g/mol. The molecule has 0 aliphatic carbocycles. The molecule has 0 radical (unpaired) electrons. The van der Waals surface area contributed by atoms with E-state index in [9.17, 15) is 9.59 Å². The number of thiophene rings is 1. The van der Waals surface area contributed by atoms with Gasteiger partial charge in [0.05, 0.1) is 7.11 Å². The Kier molecular flexibility index (Phi) is 7.62. The van der Waals surface area contributed by atoms with Gasteiger partial charge in [-0.1, -0.05) is 6.42 Å². The highest BCUT2D eigenvalue weighted by Crippen LogP contribution is 2.40. The number of carbonyl (C=O) groups is 2. The molecule has 1 N–H and O–H groups in total. The number of unbranched alkanes of at least 4 members (excludes halogenated alkanes) is 1. The van der Waals surface area contributed by atoms with Crippen LogP contribution in [0.2, 0.25) is 0 Å². The summed E-state index contributed by atoms with van der Waals surface area (Å²) in [4.78, 5) is 26.3. The van der Waals surface area contributed by atoms with Gasteiger partial charge in [-0.25, -0.2) is 0 Å². The van der Waals surface area contributed by atoms with Crippen LogP contribution in [0.3, 0.4) is 0 Å². The Balaban J connectivity index is 1.38. The number of ether oxygens (including phenoxy) is 1. The van der Waals surface area contributed by atoms with Crippen LogP contribution in [0, 0.1) is 0 Å². The lowest BCUT2D eigenvalue weighted by atomic mass is 9.90. The molecular formula is C25H34N2O3S. The van der Waals surface area contributed by atoms with E-state index >= 15 is 0 Å². The maximum atomic E-state index is 12.3. The normalized spacial score (nSPS) is 22.0. The molecule has 1 aromatic heterocycles. The van der Waals surface area contributed by atoms with Crippen LogP contribution in [0.25, 0.3) is 10.1 Å². The third-order valence-corrected chi connectivity index (χ3v) is 7.93. The summed E-state index contributed by atoms with van der Waals surface area (Å²) in [6.07, 6.45) is 10.1. The van der Waals surface area contributed by atoms with E-state index in [1.807, 2.05) is 17.4 Å². The van der Waals surface area contributed by atoms with Crippen LogP contribution >= 0.6 is 11.3 Å². The zero-order valence-electron chi connectivity index (χ0n) is 18.5. The topological polar surface area (TPSA) is 58.6 Å². The Bertz CT molecular complexity index is 893. The van der Waals surface area contributed by atoms with Crippen LogP contribution in [0.15, 0.2) is 23.6 Å². The van der Waals surface area contributed by atoms with E-state index in [-0.39, 0.29) is 11.9 Å². The largest absolute Gasteiger partial charge is 0.469 e. The summed E-state index contributed by atoms with van der Waals surface area (Å²) < 4.78 is 5.94. The van der Waals surface area contributed by atoms with Gasteiger partial charge in [-0.2, -0.15) is 0 Å². The lowest BCUT2D eigenvalue weighted by molar-refractivity contribution is -0.140. The Morgan fingerprint density at radius 3 is 2.84 bits per heavy atom. The van der Waals surface area contributed by atoms with Gasteiger partial charge in [-0.3, -0.25) is 9.59 Å². The third kappa shape index (κ3) is 5.66. The van der Waals surface area contributed by atoms with Crippen molar-refractivity contribution >= 4 is 39.0 Å². The summed E-state index contributed by atoms with van der Waals surface area (Å²) in [5, 5.41) is 6.70. The molecule has 0 bridgehead atoms. The SMILES string of the molecule is COC(=O)CCCCC(=O)Nc1ccc2scc(C3CCC4CCCCN4CC3)c2c1. The first-order chi connectivity index (χ1) is 15.1. The number of hydrogen-bond acceptors (Lipinski definition) is 5. The molecule has 2 fully saturated rings. The number of nitrogens with zero attached hydrogens (tertiary/aromatic N) is 1. The molecule has 2 saturated heterocycles. The van der Waals surface area contributed by atoms with Gasteiger partial charge in [0.15, 0.2) is 0 Å². The second-order valence-electron chi connectivity index (χ2n) is 8.98. The molecule has 1 aromatic carbocycles. The van der Waals surface area contributed by atoms with Crippen LogP contribution in [0.4, 0.5) is 5.69 Å². The molecule has 4 rings (SSSR count). The molecule has 2 aromatic rings. The van der Waals surface area contributed by atoms with Crippen molar-refractivity contribution in [2.45, 2.75) is 76.2 Å². The summed E-state index contributed by atoms with van der Waals surface area (Å²) in [7, 11) is 1.39. The van der Waals surface area contributed by atoms with Crippen molar-refractivity contribution in [3.05, 3.63) is 29.1 Å². The average molecular weight is 443 g/mol. The number of methoxy groups -OCH3 is 1. The van der Waals surface area contributed by atoms with Gasteiger partial charge in [0.1, 0.15) is 0 Å². The minimum Gasteiger partial charge on any atom is -0.469 e. The van der Waals surface area contributed by atoms with Crippen molar-refractivity contribution in [3.63, 3.8) is 0 Å². The standard InChI is InChI=1S/C25H34N2O3S/c1-30-25(29)8-3-2-7-24(28)26-19-10-12-23-21(16-19)22(17-31-23)18-9-11-20-6-4-5-14-27(20)15-13-18/h10,12,16-18,20H,2-9,11,13-15H2,1H3,(H,26,28). The molecular weight excluding hydrogens is 408 g/mol. The maximum Gasteiger partial charge on any atom is 0.305 e. The van der Waals surface area contributed by atoms with Crippen LogP contribution in [0.5, 0.6) is 0 Å². The van der Waals surface area contributed by atoms with Crippen molar-refractivity contribution in [1.29, 1.82) is 0 Å². The minimum absolute atomic E-state index is 0.00679. The highest BCUT2D eigenvalue weighted by molar-refractivity contribution is 7.17. The average Bonchev–Trinajstić information content (AvgIpc) is 3.08. The van der Waals surface area contributed by atoms with E-state index in [1.54, 1.807) is 0 Å². The lowest BCUT2D eigenvalue weighted by Crippen LogP contribution is -2.38. The number of carbonyl (C=O) groups excluding carboxylic acids is 2. The fraction of sp³-hybridized carbons (Fsp3) is 0.600. The van der Waals surface area contributed by atoms with E-state index in [1.165, 1.54) is 74.4 Å². The van der Waals surface area contributed by atoms with E-state index in [2.05, 4.69) is 32.5 Å². The molecule has 0 saturated carbocycles. The van der Waals surface area contributed by atoms with Gasteiger partial charge in [-0.05, 0) is 98.5 Å². The smallest absolute Gasteiger partial charge is 0.305 e. The van der Waals surface area contributed by atoms with Crippen LogP contribution < -0.4 is 5.32 Å². The Morgan fingerprint density at radius 2 is 1.97 bits per heavy atom. The molecule has 2 atom stereocenters. The predicted octanol–water partition coefficient (Wildman–Crippen LogP) is 5.70. The second kappa shape index (κ2) is 10.6. The fourth-order valence-corrected chi connectivity index (χ4v) is 6.20. The summed E-state index contributed by atoms with van der Waals surface area (Å²) >= 11 is 1.82. The summed E-state index contributed by atoms with van der Waals surface area (Å²) in [5.41, 5.74) is 2.34. The van der Waals surface area contributed by atoms with Crippen molar-refractivity contribution in [3.8, 4) is 0 Å². The zero-order chi connectivity index (χ0) is 21.6. The number of hydrogen-bond donors (Lipinski definition) is 1. The molecule has 5 nitrogen and oxygen atoms in total. The number of piperidine rings is 1. The van der Waals surface area contributed by atoms with E-state index in [4.69, 9.17) is 0 Å². The molecule has 2 unspecified atom stereocenters. The number of nitrogens with one attached hydrogen (secondary N) is 1. The first-order valence-electron chi connectivity index (χ1n) is 11.8. The molecule has 2 aliphatic heterocycles. The van der Waals surface area contributed by atoms with Gasteiger partial charge < -0.3 is 15.0 Å². The van der Waals surface area contributed by atoms with Crippen LogP contribution in [0.1, 0.15) is 75.7 Å². The number of fused-ring (bicyclic) bond motifs is 2. The van der Waals surface area contributed by atoms with Gasteiger partial charge in [0.25, 0.3) is 0 Å². The van der Waals surface area contributed by atoms with Gasteiger partial charge in [0.2, 0.25) is 5.91 Å². The Morgan fingerprint density at radius 1 is 1.10 bits per heavy atom. The molecule has 1 amide bonds. The second-order valence-corrected chi connectivity index (χ2v) is 9.89. The highest BCUT2D eigenvalue weighted by Gasteiger charge is 2.28. The zero-order valence-corrected chi connectivity index (χ0v) is 19.3. The third-order valence-electron chi connectivity index (χ3n) is 6.95. The highest BCUT2D eigenvalue weighted by atomic mass is 32.1. The Labute approximate surface area is 189 Å². The number of esters is 1. The molecule has 3 heterocycles. The van der Waals surface area contributed by atoms with Gasteiger partial charge >= 0.3 is 5.97 Å². The van der Waals surface area contributed by atoms with Crippen molar-refractivity contribution in [1.82, 2.24) is 4.90 Å². The van der Waals surface area contributed by atoms with E-state index in [0.717, 1.165) is 11.7 Å². The van der Waals surface area contributed by atoms with Crippen molar-refractivity contribution < 1.29 is 14.3 Å². The first kappa shape index (κ1) is 22.3. The summed E-state index contributed by atoms with van der Waals surface area (Å²) in [6.45, 7) is 2.49. The van der Waals surface area contributed by atoms with Crippen molar-refractivity contribution in [2.24, 2.45) is 0 Å². The maximum absolute atomic E-state index is 12.3. The number of benzene rings is 1. The van der Waals surface area contributed by atoms with Gasteiger partial charge in [-0.15, -0.1) is 11.3 Å².